The van der Waals surface area contributed by atoms with Gasteiger partial charge < -0.3 is 5.11 Å². The molecule has 8 heteroatoms. The Morgan fingerprint density at radius 1 is 1.27 bits per heavy atom. The first-order valence-electron chi connectivity index (χ1n) is 11.2. The van der Waals surface area contributed by atoms with Gasteiger partial charge in [-0.05, 0) is 43.5 Å². The first-order valence-corrected chi connectivity index (χ1v) is 11.2. The lowest BCUT2D eigenvalue weighted by Crippen LogP contribution is -2.35. The quantitative estimate of drug-likeness (QED) is 0.365. The van der Waals surface area contributed by atoms with Gasteiger partial charge in [0.1, 0.15) is 6.10 Å². The van der Waals surface area contributed by atoms with Gasteiger partial charge in [-0.2, -0.15) is 5.10 Å². The predicted octanol–water partition coefficient (Wildman–Crippen LogP) is 3.29. The average molecular weight is 448 g/mol. The van der Waals surface area contributed by atoms with Crippen LogP contribution < -0.4 is 10.5 Å². The Hall–Kier alpha value is -3.49. The van der Waals surface area contributed by atoms with E-state index >= 15 is 0 Å². The molecule has 0 radical (unpaired) electrons. The van der Waals surface area contributed by atoms with Gasteiger partial charge in [0.15, 0.2) is 0 Å². The summed E-state index contributed by atoms with van der Waals surface area (Å²) in [5.41, 5.74) is 8.30. The molecule has 1 atom stereocenters. The normalized spacial score (nSPS) is 18.8. The standard InChI is InChI=1S/C25H29N5O3/c1-2-30(21-7-11-26-12-8-21)27-16-20-5-3-4-6-22(20)23-17-28-33-24(23)15-19-9-13-29(14-10-19)18-25(31)32/h3-8,11-12,15-17,24,28H,2,9-10,13-14,18H2,1H3,(H,31,32). The van der Waals surface area contributed by atoms with Gasteiger partial charge in [0.05, 0.1) is 18.4 Å². The van der Waals surface area contributed by atoms with E-state index in [-0.39, 0.29) is 12.6 Å². The summed E-state index contributed by atoms with van der Waals surface area (Å²) in [6.07, 6.45) is 11.0. The van der Waals surface area contributed by atoms with Crippen molar-refractivity contribution in [2.24, 2.45) is 5.10 Å². The number of likely N-dealkylation sites (tertiary alicyclic amines) is 1. The van der Waals surface area contributed by atoms with Gasteiger partial charge in [-0.1, -0.05) is 29.8 Å². The van der Waals surface area contributed by atoms with Crippen molar-refractivity contribution in [3.63, 3.8) is 0 Å². The van der Waals surface area contributed by atoms with Gasteiger partial charge in [-0.15, -0.1) is 0 Å². The smallest absolute Gasteiger partial charge is 0.317 e. The van der Waals surface area contributed by atoms with E-state index in [9.17, 15) is 4.79 Å². The Kier molecular flexibility index (Phi) is 7.49. The van der Waals surface area contributed by atoms with E-state index in [1.165, 1.54) is 5.57 Å². The Balaban J connectivity index is 1.49. The molecule has 1 aromatic heterocycles. The van der Waals surface area contributed by atoms with Crippen LogP contribution in [-0.4, -0.2) is 59.5 Å². The van der Waals surface area contributed by atoms with E-state index in [1.54, 1.807) is 12.4 Å². The van der Waals surface area contributed by atoms with E-state index in [0.717, 1.165) is 54.9 Å². The summed E-state index contributed by atoms with van der Waals surface area (Å²) in [5, 5.41) is 15.6. The Morgan fingerprint density at radius 2 is 2.03 bits per heavy atom. The molecule has 2 aliphatic rings. The number of hydrazone groups is 1. The molecule has 33 heavy (non-hydrogen) atoms. The number of hydrogen-bond acceptors (Lipinski definition) is 7. The second-order valence-corrected chi connectivity index (χ2v) is 8.00. The monoisotopic (exact) mass is 447 g/mol. The van der Waals surface area contributed by atoms with Crippen molar-refractivity contribution in [1.29, 1.82) is 0 Å². The lowest BCUT2D eigenvalue weighted by Gasteiger charge is -2.27. The minimum Gasteiger partial charge on any atom is -0.480 e. The molecule has 0 amide bonds. The molecule has 0 bridgehead atoms. The maximum absolute atomic E-state index is 10.9. The molecule has 4 rings (SSSR count). The Labute approximate surface area is 193 Å². The third-order valence-corrected chi connectivity index (χ3v) is 5.83. The molecule has 3 heterocycles. The number of hydroxylamine groups is 1. The number of rotatable bonds is 8. The van der Waals surface area contributed by atoms with Crippen LogP contribution in [0.25, 0.3) is 5.57 Å². The number of aromatic nitrogens is 1. The van der Waals surface area contributed by atoms with E-state index in [1.807, 2.05) is 52.7 Å². The minimum atomic E-state index is -0.778. The SMILES string of the molecule is CCN(N=Cc1ccccc1C1=CNOC1C=C1CCN(CC(=O)O)CC1)c1ccncc1. The summed E-state index contributed by atoms with van der Waals surface area (Å²) in [4.78, 5) is 22.8. The summed E-state index contributed by atoms with van der Waals surface area (Å²) in [7, 11) is 0. The number of aliphatic carboxylic acids is 1. The van der Waals surface area contributed by atoms with E-state index in [0.29, 0.717) is 0 Å². The summed E-state index contributed by atoms with van der Waals surface area (Å²) in [5.74, 6) is -0.778. The van der Waals surface area contributed by atoms with Crippen LogP contribution in [0.3, 0.4) is 0 Å². The molecule has 1 fully saturated rings. The van der Waals surface area contributed by atoms with Crippen LogP contribution in [-0.2, 0) is 9.63 Å². The molecular formula is C25H29N5O3. The van der Waals surface area contributed by atoms with Crippen molar-refractivity contribution >= 4 is 23.4 Å². The summed E-state index contributed by atoms with van der Waals surface area (Å²) < 4.78 is 0. The molecule has 1 unspecified atom stereocenters. The molecule has 0 saturated carbocycles. The van der Waals surface area contributed by atoms with Crippen LogP contribution in [0.1, 0.15) is 30.9 Å². The molecule has 8 nitrogen and oxygen atoms in total. The Bertz CT molecular complexity index is 1040. The van der Waals surface area contributed by atoms with E-state index in [4.69, 9.17) is 15.0 Å². The molecule has 172 valence electrons. The van der Waals surface area contributed by atoms with Crippen LogP contribution in [0, 0.1) is 0 Å². The number of nitrogens with one attached hydrogen (secondary N) is 1. The summed E-state index contributed by atoms with van der Waals surface area (Å²) in [6, 6.07) is 12.0. The van der Waals surface area contributed by atoms with Crippen LogP contribution in [0.2, 0.25) is 0 Å². The molecule has 0 spiro atoms. The maximum Gasteiger partial charge on any atom is 0.317 e. The zero-order chi connectivity index (χ0) is 23.0. The van der Waals surface area contributed by atoms with Crippen molar-refractivity contribution in [1.82, 2.24) is 15.4 Å². The molecular weight excluding hydrogens is 418 g/mol. The number of carboxylic acid groups (broad SMARTS) is 1. The number of piperidine rings is 1. The lowest BCUT2D eigenvalue weighted by atomic mass is 9.94. The number of anilines is 1. The first kappa shape index (κ1) is 22.7. The zero-order valence-corrected chi connectivity index (χ0v) is 18.7. The van der Waals surface area contributed by atoms with Crippen molar-refractivity contribution in [2.45, 2.75) is 25.9 Å². The summed E-state index contributed by atoms with van der Waals surface area (Å²) >= 11 is 0. The fourth-order valence-corrected chi connectivity index (χ4v) is 4.09. The van der Waals surface area contributed by atoms with Crippen molar-refractivity contribution in [3.05, 3.63) is 77.8 Å². The number of hydrogen-bond donors (Lipinski definition) is 2. The molecule has 2 aromatic rings. The highest BCUT2D eigenvalue weighted by Gasteiger charge is 2.24. The number of carboxylic acids is 1. The highest BCUT2D eigenvalue weighted by atomic mass is 16.7. The van der Waals surface area contributed by atoms with Gasteiger partial charge in [-0.3, -0.25) is 30.0 Å². The van der Waals surface area contributed by atoms with Gasteiger partial charge in [0.25, 0.3) is 0 Å². The highest BCUT2D eigenvalue weighted by Crippen LogP contribution is 2.29. The van der Waals surface area contributed by atoms with Crippen molar-refractivity contribution in [3.8, 4) is 0 Å². The molecule has 2 aliphatic heterocycles. The third-order valence-electron chi connectivity index (χ3n) is 5.83. The average Bonchev–Trinajstić information content (AvgIpc) is 3.29. The largest absolute Gasteiger partial charge is 0.480 e. The Morgan fingerprint density at radius 3 is 2.76 bits per heavy atom. The number of benzene rings is 1. The van der Waals surface area contributed by atoms with Crippen LogP contribution >= 0.6 is 0 Å². The number of nitrogens with zero attached hydrogens (tertiary/aromatic N) is 4. The van der Waals surface area contributed by atoms with Gasteiger partial charge in [0.2, 0.25) is 0 Å². The number of pyridine rings is 1. The van der Waals surface area contributed by atoms with Crippen LogP contribution in [0.15, 0.2) is 71.7 Å². The number of carbonyl (C=O) groups is 1. The van der Waals surface area contributed by atoms with Crippen molar-refractivity contribution < 1.29 is 14.7 Å². The lowest BCUT2D eigenvalue weighted by molar-refractivity contribution is -0.138. The molecule has 0 aliphatic carbocycles. The fourth-order valence-electron chi connectivity index (χ4n) is 4.09. The van der Waals surface area contributed by atoms with Crippen LogP contribution in [0.4, 0.5) is 5.69 Å². The fraction of sp³-hybridized carbons (Fsp3) is 0.320. The van der Waals surface area contributed by atoms with Crippen molar-refractivity contribution in [2.75, 3.05) is 31.2 Å². The third kappa shape index (κ3) is 5.85. The summed E-state index contributed by atoms with van der Waals surface area (Å²) in [6.45, 7) is 4.40. The van der Waals surface area contributed by atoms with E-state index in [2.05, 4.69) is 29.5 Å². The topological polar surface area (TPSA) is 90.3 Å². The molecule has 2 N–H and O–H groups in total. The first-order chi connectivity index (χ1) is 16.1. The maximum atomic E-state index is 10.9. The molecule has 1 saturated heterocycles. The minimum absolute atomic E-state index is 0.0981. The van der Waals surface area contributed by atoms with E-state index < -0.39 is 5.97 Å². The molecule has 1 aromatic carbocycles. The second-order valence-electron chi connectivity index (χ2n) is 8.00. The van der Waals surface area contributed by atoms with Crippen LogP contribution in [0.5, 0.6) is 0 Å². The zero-order valence-electron chi connectivity index (χ0n) is 18.7. The second kappa shape index (κ2) is 10.9. The van der Waals surface area contributed by atoms with Gasteiger partial charge in [0, 0.05) is 49.4 Å². The predicted molar refractivity (Wildman–Crippen MR) is 129 cm³/mol. The van der Waals surface area contributed by atoms with Gasteiger partial charge >= 0.3 is 5.97 Å². The highest BCUT2D eigenvalue weighted by molar-refractivity contribution is 5.90. The van der Waals surface area contributed by atoms with Gasteiger partial charge in [-0.25, -0.2) is 0 Å².